The number of nitrogens with zero attached hydrogens (tertiary/aromatic N) is 1. The molecule has 0 bridgehead atoms. The van der Waals surface area contributed by atoms with E-state index in [4.69, 9.17) is 4.74 Å². The summed E-state index contributed by atoms with van der Waals surface area (Å²) in [5.41, 5.74) is 2.61. The molecule has 0 fully saturated rings. The molecule has 0 saturated carbocycles. The molecule has 138 valence electrons. The summed E-state index contributed by atoms with van der Waals surface area (Å²) in [5, 5.41) is 2.87. The molecule has 1 aliphatic rings. The summed E-state index contributed by atoms with van der Waals surface area (Å²) < 4.78 is 5.75. The van der Waals surface area contributed by atoms with E-state index in [0.717, 1.165) is 22.6 Å². The van der Waals surface area contributed by atoms with Crippen LogP contribution in [0.5, 0.6) is 5.75 Å². The van der Waals surface area contributed by atoms with Crippen LogP contribution in [0.25, 0.3) is 6.08 Å². The first-order valence-corrected chi connectivity index (χ1v) is 10.0. The number of anilines is 1. The second-order valence-corrected chi connectivity index (χ2v) is 7.98. The molecule has 1 aliphatic heterocycles. The second-order valence-electron chi connectivity index (χ2n) is 5.72. The lowest BCUT2D eigenvalue weighted by Gasteiger charge is -2.09. The molecule has 2 amide bonds. The van der Waals surface area contributed by atoms with E-state index >= 15 is 0 Å². The van der Waals surface area contributed by atoms with E-state index in [0.29, 0.717) is 9.28 Å². The Bertz CT molecular complexity index is 924. The van der Waals surface area contributed by atoms with Crippen LogP contribution in [-0.4, -0.2) is 29.1 Å². The van der Waals surface area contributed by atoms with Crippen LogP contribution in [0.2, 0.25) is 0 Å². The van der Waals surface area contributed by atoms with Crippen molar-refractivity contribution in [1.29, 1.82) is 0 Å². The molecule has 0 spiro atoms. The van der Waals surface area contributed by atoms with Gasteiger partial charge in [0.2, 0.25) is 5.91 Å². The molecule has 0 atom stereocenters. The fourth-order valence-electron chi connectivity index (χ4n) is 2.37. The SMILES string of the molecule is COc1ccc(NC(=O)CSC2=NC(=O)/C(=C\c3ccccc3)S2)c(C)c1. The normalized spacial score (nSPS) is 15.0. The van der Waals surface area contributed by atoms with Crippen LogP contribution in [0, 0.1) is 6.92 Å². The maximum atomic E-state index is 12.2. The number of hydrogen-bond donors (Lipinski definition) is 1. The van der Waals surface area contributed by atoms with Crippen molar-refractivity contribution in [2.24, 2.45) is 4.99 Å². The first kappa shape index (κ1) is 19.3. The van der Waals surface area contributed by atoms with Crippen molar-refractivity contribution < 1.29 is 14.3 Å². The topological polar surface area (TPSA) is 67.8 Å². The van der Waals surface area contributed by atoms with Gasteiger partial charge in [0.25, 0.3) is 5.91 Å². The fraction of sp³-hybridized carbons (Fsp3) is 0.150. The molecule has 0 unspecified atom stereocenters. The Hall–Kier alpha value is -2.51. The summed E-state index contributed by atoms with van der Waals surface area (Å²) >= 11 is 2.56. The van der Waals surface area contributed by atoms with Crippen LogP contribution >= 0.6 is 23.5 Å². The van der Waals surface area contributed by atoms with Crippen molar-refractivity contribution in [3.05, 3.63) is 64.6 Å². The predicted molar refractivity (Wildman–Crippen MR) is 113 cm³/mol. The summed E-state index contributed by atoms with van der Waals surface area (Å²) in [4.78, 5) is 28.8. The highest BCUT2D eigenvalue weighted by atomic mass is 32.2. The van der Waals surface area contributed by atoms with Crippen molar-refractivity contribution >= 4 is 51.5 Å². The number of methoxy groups -OCH3 is 1. The zero-order valence-electron chi connectivity index (χ0n) is 14.9. The van der Waals surface area contributed by atoms with E-state index in [9.17, 15) is 9.59 Å². The van der Waals surface area contributed by atoms with Gasteiger partial charge < -0.3 is 10.1 Å². The van der Waals surface area contributed by atoms with E-state index in [2.05, 4.69) is 10.3 Å². The predicted octanol–water partition coefficient (Wildman–Crippen LogP) is 4.35. The Balaban J connectivity index is 1.54. The van der Waals surface area contributed by atoms with Gasteiger partial charge in [-0.3, -0.25) is 9.59 Å². The molecule has 0 saturated heterocycles. The average Bonchev–Trinajstić information content (AvgIpc) is 3.02. The maximum Gasteiger partial charge on any atom is 0.285 e. The first-order valence-electron chi connectivity index (χ1n) is 8.20. The lowest BCUT2D eigenvalue weighted by Crippen LogP contribution is -2.15. The number of thioether (sulfide) groups is 2. The number of rotatable bonds is 5. The Kier molecular flexibility index (Phi) is 6.36. The minimum atomic E-state index is -0.266. The number of aliphatic imine (C=N–C) groups is 1. The zero-order chi connectivity index (χ0) is 19.2. The number of carbonyl (C=O) groups is 2. The molecule has 0 aromatic heterocycles. The molecule has 3 rings (SSSR count). The molecule has 2 aromatic carbocycles. The maximum absolute atomic E-state index is 12.2. The number of nitrogens with one attached hydrogen (secondary N) is 1. The largest absolute Gasteiger partial charge is 0.497 e. The summed E-state index contributed by atoms with van der Waals surface area (Å²) in [6.45, 7) is 1.90. The van der Waals surface area contributed by atoms with Crippen molar-refractivity contribution in [3.63, 3.8) is 0 Å². The fourth-order valence-corrected chi connectivity index (χ4v) is 4.17. The number of ether oxygens (including phenoxy) is 1. The molecule has 5 nitrogen and oxygen atoms in total. The van der Waals surface area contributed by atoms with Crippen LogP contribution in [-0.2, 0) is 9.59 Å². The lowest BCUT2D eigenvalue weighted by molar-refractivity contribution is -0.114. The van der Waals surface area contributed by atoms with Gasteiger partial charge in [-0.05, 0) is 42.3 Å². The second kappa shape index (κ2) is 8.92. The van der Waals surface area contributed by atoms with Crippen molar-refractivity contribution in [2.75, 3.05) is 18.2 Å². The minimum absolute atomic E-state index is 0.149. The third kappa shape index (κ3) is 5.24. The van der Waals surface area contributed by atoms with E-state index in [1.165, 1.54) is 23.5 Å². The molecule has 1 N–H and O–H groups in total. The molecule has 2 aromatic rings. The standard InChI is InChI=1S/C20H18N2O3S2/c1-13-10-15(25-2)8-9-16(13)21-18(23)12-26-20-22-19(24)17(27-20)11-14-6-4-3-5-7-14/h3-11H,12H2,1-2H3,(H,21,23)/b17-11+. The van der Waals surface area contributed by atoms with Gasteiger partial charge >= 0.3 is 0 Å². The third-order valence-electron chi connectivity index (χ3n) is 3.73. The summed E-state index contributed by atoms with van der Waals surface area (Å²) in [6, 6.07) is 15.1. The monoisotopic (exact) mass is 398 g/mol. The number of carbonyl (C=O) groups excluding carboxylic acids is 2. The number of benzene rings is 2. The highest BCUT2D eigenvalue weighted by Crippen LogP contribution is 2.33. The van der Waals surface area contributed by atoms with Crippen LogP contribution < -0.4 is 10.1 Å². The number of aryl methyl sites for hydroxylation is 1. The van der Waals surface area contributed by atoms with Gasteiger partial charge in [-0.15, -0.1) is 0 Å². The highest BCUT2D eigenvalue weighted by molar-refractivity contribution is 8.41. The van der Waals surface area contributed by atoms with Crippen molar-refractivity contribution in [3.8, 4) is 5.75 Å². The Morgan fingerprint density at radius 3 is 2.74 bits per heavy atom. The number of amides is 2. The van der Waals surface area contributed by atoms with Gasteiger partial charge in [-0.2, -0.15) is 4.99 Å². The molecular weight excluding hydrogens is 380 g/mol. The summed E-state index contributed by atoms with van der Waals surface area (Å²) in [6.07, 6.45) is 1.81. The summed E-state index contributed by atoms with van der Waals surface area (Å²) in [5.74, 6) is 0.513. The van der Waals surface area contributed by atoms with Crippen LogP contribution in [0.15, 0.2) is 58.4 Å². The first-order chi connectivity index (χ1) is 13.0. The molecule has 0 radical (unpaired) electrons. The smallest absolute Gasteiger partial charge is 0.285 e. The molecule has 27 heavy (non-hydrogen) atoms. The van der Waals surface area contributed by atoms with Gasteiger partial charge in [0.15, 0.2) is 0 Å². The zero-order valence-corrected chi connectivity index (χ0v) is 16.5. The number of hydrogen-bond acceptors (Lipinski definition) is 5. The Morgan fingerprint density at radius 2 is 2.04 bits per heavy atom. The third-order valence-corrected chi connectivity index (χ3v) is 5.86. The molecule has 1 heterocycles. The highest BCUT2D eigenvalue weighted by Gasteiger charge is 2.22. The van der Waals surface area contributed by atoms with Crippen LogP contribution in [0.1, 0.15) is 11.1 Å². The van der Waals surface area contributed by atoms with Gasteiger partial charge in [0.05, 0.1) is 17.8 Å². The van der Waals surface area contributed by atoms with Crippen LogP contribution in [0.3, 0.4) is 0 Å². The molecular formula is C20H18N2O3S2. The molecule has 0 aliphatic carbocycles. The van der Waals surface area contributed by atoms with Gasteiger partial charge in [-0.1, -0.05) is 53.9 Å². The quantitative estimate of drug-likeness (QED) is 0.759. The summed E-state index contributed by atoms with van der Waals surface area (Å²) in [7, 11) is 1.60. The Morgan fingerprint density at radius 1 is 1.26 bits per heavy atom. The molecule has 7 heteroatoms. The Labute approximate surface area is 166 Å². The van der Waals surface area contributed by atoms with Gasteiger partial charge in [0, 0.05) is 5.69 Å². The average molecular weight is 399 g/mol. The van der Waals surface area contributed by atoms with E-state index in [1.54, 1.807) is 13.2 Å². The van der Waals surface area contributed by atoms with Gasteiger partial charge in [-0.25, -0.2) is 0 Å². The van der Waals surface area contributed by atoms with Crippen LogP contribution in [0.4, 0.5) is 5.69 Å². The van der Waals surface area contributed by atoms with E-state index in [-0.39, 0.29) is 17.6 Å². The van der Waals surface area contributed by atoms with E-state index in [1.807, 2.05) is 55.5 Å². The lowest BCUT2D eigenvalue weighted by atomic mass is 10.2. The van der Waals surface area contributed by atoms with Gasteiger partial charge in [0.1, 0.15) is 10.1 Å². The van der Waals surface area contributed by atoms with Crippen molar-refractivity contribution in [1.82, 2.24) is 0 Å². The van der Waals surface area contributed by atoms with E-state index < -0.39 is 0 Å². The van der Waals surface area contributed by atoms with Crippen molar-refractivity contribution in [2.45, 2.75) is 6.92 Å². The minimum Gasteiger partial charge on any atom is -0.497 e.